The molecule has 0 spiro atoms. The molecular formula is C25H26N4O2. The van der Waals surface area contributed by atoms with Gasteiger partial charge >= 0.3 is 0 Å². The van der Waals surface area contributed by atoms with E-state index in [1.54, 1.807) is 10.9 Å². The molecule has 6 heteroatoms. The number of carbonyl (C=O) groups excluding carboxylic acids is 1. The number of hydrogen-bond acceptors (Lipinski definition) is 3. The van der Waals surface area contributed by atoms with Crippen LogP contribution in [0.2, 0.25) is 0 Å². The number of aryl methyl sites for hydroxylation is 1. The highest BCUT2D eigenvalue weighted by Crippen LogP contribution is 2.24. The van der Waals surface area contributed by atoms with Crippen LogP contribution in [0.5, 0.6) is 0 Å². The first-order valence-corrected chi connectivity index (χ1v) is 11.0. The van der Waals surface area contributed by atoms with Gasteiger partial charge in [0.1, 0.15) is 0 Å². The molecule has 3 heterocycles. The van der Waals surface area contributed by atoms with Gasteiger partial charge in [0.2, 0.25) is 0 Å². The van der Waals surface area contributed by atoms with E-state index in [2.05, 4.69) is 23.9 Å². The van der Waals surface area contributed by atoms with E-state index in [4.69, 9.17) is 0 Å². The van der Waals surface area contributed by atoms with Crippen LogP contribution in [0.3, 0.4) is 0 Å². The molecule has 5 rings (SSSR count). The second-order valence-electron chi connectivity index (χ2n) is 8.53. The highest BCUT2D eigenvalue weighted by atomic mass is 16.2. The van der Waals surface area contributed by atoms with Gasteiger partial charge in [-0.2, -0.15) is 0 Å². The lowest BCUT2D eigenvalue weighted by atomic mass is 9.98. The van der Waals surface area contributed by atoms with E-state index in [0.29, 0.717) is 22.4 Å². The lowest BCUT2D eigenvalue weighted by molar-refractivity contribution is 0.0697. The van der Waals surface area contributed by atoms with E-state index in [1.165, 1.54) is 5.56 Å². The monoisotopic (exact) mass is 414 g/mol. The molecule has 0 bridgehead atoms. The SMILES string of the molecule is CCc1ccc(-n2[nH]c3c(cnc4ccc(C(=O)N5CCC(C)CC5)cc43)c2=O)cc1. The Balaban J connectivity index is 1.59. The molecule has 0 radical (unpaired) electrons. The number of piperidine rings is 1. The maximum Gasteiger partial charge on any atom is 0.280 e. The molecule has 1 aliphatic heterocycles. The first-order chi connectivity index (χ1) is 15.0. The third kappa shape index (κ3) is 3.42. The predicted molar refractivity (Wildman–Crippen MR) is 123 cm³/mol. The lowest BCUT2D eigenvalue weighted by Gasteiger charge is -2.30. The molecule has 4 aromatic rings. The van der Waals surface area contributed by atoms with Gasteiger partial charge in [0.05, 0.1) is 22.1 Å². The summed E-state index contributed by atoms with van der Waals surface area (Å²) in [4.78, 5) is 32.5. The highest BCUT2D eigenvalue weighted by Gasteiger charge is 2.22. The normalized spacial score (nSPS) is 15.1. The van der Waals surface area contributed by atoms with Gasteiger partial charge in [-0.3, -0.25) is 19.7 Å². The van der Waals surface area contributed by atoms with Gasteiger partial charge in [0.15, 0.2) is 0 Å². The van der Waals surface area contributed by atoms with Gasteiger partial charge in [0.25, 0.3) is 11.5 Å². The Kier molecular flexibility index (Phi) is 4.85. The number of nitrogens with zero attached hydrogens (tertiary/aromatic N) is 3. The van der Waals surface area contributed by atoms with Crippen LogP contribution >= 0.6 is 0 Å². The molecule has 1 saturated heterocycles. The maximum atomic E-state index is 13.1. The highest BCUT2D eigenvalue weighted by molar-refractivity contribution is 6.06. The van der Waals surface area contributed by atoms with Gasteiger partial charge in [-0.05, 0) is 61.1 Å². The zero-order valence-corrected chi connectivity index (χ0v) is 17.9. The number of H-pyrrole nitrogens is 1. The van der Waals surface area contributed by atoms with E-state index < -0.39 is 0 Å². The summed E-state index contributed by atoms with van der Waals surface area (Å²) in [5.41, 5.74) is 3.95. The maximum absolute atomic E-state index is 13.1. The van der Waals surface area contributed by atoms with Crippen molar-refractivity contribution >= 4 is 27.7 Å². The fourth-order valence-corrected chi connectivity index (χ4v) is 4.35. The Bertz CT molecular complexity index is 1330. The molecule has 1 N–H and O–H groups in total. The summed E-state index contributed by atoms with van der Waals surface area (Å²) in [5.74, 6) is 0.712. The van der Waals surface area contributed by atoms with Crippen LogP contribution in [-0.4, -0.2) is 38.7 Å². The molecule has 1 amide bonds. The smallest absolute Gasteiger partial charge is 0.280 e. The predicted octanol–water partition coefficient (Wildman–Crippen LogP) is 4.30. The van der Waals surface area contributed by atoms with Crippen molar-refractivity contribution in [2.24, 2.45) is 5.92 Å². The van der Waals surface area contributed by atoms with Crippen molar-refractivity contribution < 1.29 is 4.79 Å². The summed E-state index contributed by atoms with van der Waals surface area (Å²) < 4.78 is 1.55. The Labute approximate surface area is 180 Å². The lowest BCUT2D eigenvalue weighted by Crippen LogP contribution is -2.37. The topological polar surface area (TPSA) is 71.0 Å². The average Bonchev–Trinajstić information content (AvgIpc) is 3.15. The molecule has 0 unspecified atom stereocenters. The van der Waals surface area contributed by atoms with Crippen molar-refractivity contribution in [3.05, 3.63) is 70.1 Å². The molecule has 6 nitrogen and oxygen atoms in total. The van der Waals surface area contributed by atoms with Crippen LogP contribution in [-0.2, 0) is 6.42 Å². The number of pyridine rings is 1. The Morgan fingerprint density at radius 2 is 1.84 bits per heavy atom. The van der Waals surface area contributed by atoms with Crippen LogP contribution in [0.1, 0.15) is 42.6 Å². The van der Waals surface area contributed by atoms with Crippen LogP contribution in [0.25, 0.3) is 27.5 Å². The number of hydrogen-bond donors (Lipinski definition) is 1. The Morgan fingerprint density at radius 1 is 1.10 bits per heavy atom. The third-order valence-electron chi connectivity index (χ3n) is 6.45. The largest absolute Gasteiger partial charge is 0.339 e. The van der Waals surface area contributed by atoms with E-state index in [1.807, 2.05) is 47.4 Å². The van der Waals surface area contributed by atoms with E-state index in [0.717, 1.165) is 48.9 Å². The van der Waals surface area contributed by atoms with E-state index in [9.17, 15) is 9.59 Å². The standard InChI is InChI=1S/C25H26N4O2/c1-3-17-4-7-19(8-5-17)29-25(31)21-15-26-22-9-6-18(14-20(22)23(21)27-29)24(30)28-12-10-16(2)11-13-28/h4-9,14-16,27H,3,10-13H2,1-2H3. The van der Waals surface area contributed by atoms with E-state index in [-0.39, 0.29) is 11.5 Å². The number of benzene rings is 2. The Morgan fingerprint density at radius 3 is 2.55 bits per heavy atom. The number of rotatable bonds is 3. The quantitative estimate of drug-likeness (QED) is 0.543. The Hall–Kier alpha value is -3.41. The van der Waals surface area contributed by atoms with Gasteiger partial charge in [0, 0.05) is 30.2 Å². The summed E-state index contributed by atoms with van der Waals surface area (Å²) in [5, 5.41) is 4.56. The van der Waals surface area contributed by atoms with Crippen LogP contribution in [0.15, 0.2) is 53.5 Å². The molecule has 0 saturated carbocycles. The minimum absolute atomic E-state index is 0.0442. The van der Waals surface area contributed by atoms with Crippen molar-refractivity contribution in [3.8, 4) is 5.69 Å². The summed E-state index contributed by atoms with van der Waals surface area (Å²) in [6.07, 6.45) is 4.64. The molecule has 158 valence electrons. The van der Waals surface area contributed by atoms with Gasteiger partial charge < -0.3 is 4.90 Å². The molecule has 1 fully saturated rings. The van der Waals surface area contributed by atoms with Crippen molar-refractivity contribution in [2.75, 3.05) is 13.1 Å². The molecule has 2 aromatic heterocycles. The second-order valence-corrected chi connectivity index (χ2v) is 8.53. The number of aromatic amines is 1. The number of nitrogens with one attached hydrogen (secondary N) is 1. The number of carbonyl (C=O) groups is 1. The van der Waals surface area contributed by atoms with Crippen LogP contribution in [0.4, 0.5) is 0 Å². The molecule has 0 atom stereocenters. The van der Waals surface area contributed by atoms with Crippen molar-refractivity contribution in [2.45, 2.75) is 33.1 Å². The summed E-state index contributed by atoms with van der Waals surface area (Å²) in [6.45, 7) is 5.92. The first-order valence-electron chi connectivity index (χ1n) is 11.0. The van der Waals surface area contributed by atoms with Gasteiger partial charge in [-0.15, -0.1) is 0 Å². The van der Waals surface area contributed by atoms with Crippen molar-refractivity contribution in [1.82, 2.24) is 19.7 Å². The van der Waals surface area contributed by atoms with Crippen molar-refractivity contribution in [3.63, 3.8) is 0 Å². The van der Waals surface area contributed by atoms with Crippen LogP contribution in [0, 0.1) is 5.92 Å². The molecular weight excluding hydrogens is 388 g/mol. The van der Waals surface area contributed by atoms with E-state index >= 15 is 0 Å². The third-order valence-corrected chi connectivity index (χ3v) is 6.45. The number of likely N-dealkylation sites (tertiary alicyclic amines) is 1. The van der Waals surface area contributed by atoms with Gasteiger partial charge in [-0.25, -0.2) is 4.68 Å². The van der Waals surface area contributed by atoms with Crippen molar-refractivity contribution in [1.29, 1.82) is 0 Å². The number of amides is 1. The average molecular weight is 415 g/mol. The molecule has 2 aromatic carbocycles. The van der Waals surface area contributed by atoms with Gasteiger partial charge in [-0.1, -0.05) is 26.0 Å². The fourth-order valence-electron chi connectivity index (χ4n) is 4.35. The molecule has 1 aliphatic rings. The first kappa shape index (κ1) is 19.5. The second kappa shape index (κ2) is 7.69. The zero-order chi connectivity index (χ0) is 21.5. The fraction of sp³-hybridized carbons (Fsp3) is 0.320. The number of fused-ring (bicyclic) bond motifs is 3. The minimum Gasteiger partial charge on any atom is -0.339 e. The van der Waals surface area contributed by atoms with Crippen LogP contribution < -0.4 is 5.56 Å². The minimum atomic E-state index is -0.143. The summed E-state index contributed by atoms with van der Waals surface area (Å²) in [6, 6.07) is 13.5. The molecule has 31 heavy (non-hydrogen) atoms. The number of aromatic nitrogens is 3. The molecule has 0 aliphatic carbocycles. The zero-order valence-electron chi connectivity index (χ0n) is 17.9. The summed E-state index contributed by atoms with van der Waals surface area (Å²) in [7, 11) is 0. The summed E-state index contributed by atoms with van der Waals surface area (Å²) >= 11 is 0.